The molecule has 1 aromatic heterocycles. The number of alkyl halides is 2. The van der Waals surface area contributed by atoms with E-state index in [1.165, 1.54) is 11.6 Å². The van der Waals surface area contributed by atoms with Gasteiger partial charge >= 0.3 is 6.61 Å². The van der Waals surface area contributed by atoms with E-state index in [0.717, 1.165) is 16.5 Å². The molecule has 0 aliphatic carbocycles. The molecule has 6 nitrogen and oxygen atoms in total. The first-order valence-electron chi connectivity index (χ1n) is 8.92. The molecule has 2 atom stereocenters. The quantitative estimate of drug-likeness (QED) is 0.608. The minimum atomic E-state index is -2.91. The van der Waals surface area contributed by atoms with Crippen LogP contribution in [0.5, 0.6) is 5.75 Å². The van der Waals surface area contributed by atoms with Crippen molar-refractivity contribution in [2.45, 2.75) is 38.5 Å². The highest BCUT2D eigenvalue weighted by Gasteiger charge is 2.33. The van der Waals surface area contributed by atoms with Crippen molar-refractivity contribution in [3.8, 4) is 5.75 Å². The van der Waals surface area contributed by atoms with E-state index in [0.29, 0.717) is 17.9 Å². The SMILES string of the molecule is CCc1ccc(C2CC(c3cc(Br)ccc3OC(F)F)n3nnnc3N2)cc1. The van der Waals surface area contributed by atoms with Crippen LogP contribution in [0, 0.1) is 0 Å². The van der Waals surface area contributed by atoms with Crippen molar-refractivity contribution < 1.29 is 13.5 Å². The molecule has 0 bridgehead atoms. The number of hydrogen-bond donors (Lipinski definition) is 1. The van der Waals surface area contributed by atoms with Gasteiger partial charge < -0.3 is 10.1 Å². The van der Waals surface area contributed by atoms with Gasteiger partial charge in [0.2, 0.25) is 5.95 Å². The molecular weight excluding hydrogens is 432 g/mol. The molecule has 28 heavy (non-hydrogen) atoms. The Labute approximate surface area is 169 Å². The van der Waals surface area contributed by atoms with Crippen molar-refractivity contribution in [3.05, 3.63) is 63.6 Å². The second-order valence-electron chi connectivity index (χ2n) is 6.55. The molecule has 2 unspecified atom stereocenters. The summed E-state index contributed by atoms with van der Waals surface area (Å²) in [5, 5.41) is 15.2. The third kappa shape index (κ3) is 3.71. The lowest BCUT2D eigenvalue weighted by Gasteiger charge is -2.32. The van der Waals surface area contributed by atoms with Crippen LogP contribution in [0.1, 0.15) is 42.1 Å². The Bertz CT molecular complexity index is 963. The fourth-order valence-electron chi connectivity index (χ4n) is 3.48. The highest BCUT2D eigenvalue weighted by Crippen LogP contribution is 2.41. The Kier molecular flexibility index (Phi) is 5.25. The number of halogens is 3. The molecule has 1 aliphatic heterocycles. The van der Waals surface area contributed by atoms with Crippen LogP contribution in [0.4, 0.5) is 14.7 Å². The average molecular weight is 450 g/mol. The van der Waals surface area contributed by atoms with Gasteiger partial charge in [-0.15, -0.1) is 0 Å². The summed E-state index contributed by atoms with van der Waals surface area (Å²) in [5.41, 5.74) is 2.93. The Morgan fingerprint density at radius 3 is 2.75 bits per heavy atom. The maximum absolute atomic E-state index is 12.9. The number of aromatic nitrogens is 4. The van der Waals surface area contributed by atoms with Crippen molar-refractivity contribution >= 4 is 21.9 Å². The summed E-state index contributed by atoms with van der Waals surface area (Å²) in [6, 6.07) is 12.9. The van der Waals surface area contributed by atoms with E-state index >= 15 is 0 Å². The minimum Gasteiger partial charge on any atom is -0.434 e. The van der Waals surface area contributed by atoms with Crippen LogP contribution >= 0.6 is 15.9 Å². The molecule has 2 heterocycles. The number of nitrogens with one attached hydrogen (secondary N) is 1. The number of nitrogens with zero attached hydrogens (tertiary/aromatic N) is 4. The second-order valence-corrected chi connectivity index (χ2v) is 7.47. The lowest BCUT2D eigenvalue weighted by atomic mass is 9.92. The zero-order valence-electron chi connectivity index (χ0n) is 15.0. The van der Waals surface area contributed by atoms with Gasteiger partial charge in [0.05, 0.1) is 12.1 Å². The number of anilines is 1. The molecular formula is C19H18BrF2N5O. The number of hydrogen-bond acceptors (Lipinski definition) is 5. The van der Waals surface area contributed by atoms with Gasteiger partial charge in [0.25, 0.3) is 0 Å². The van der Waals surface area contributed by atoms with Gasteiger partial charge in [0.1, 0.15) is 5.75 Å². The number of fused-ring (bicyclic) bond motifs is 1. The Balaban J connectivity index is 1.73. The summed E-state index contributed by atoms with van der Waals surface area (Å²) in [6.07, 6.45) is 1.55. The van der Waals surface area contributed by atoms with Crippen LogP contribution in [0.15, 0.2) is 46.9 Å². The predicted octanol–water partition coefficient (Wildman–Crippen LogP) is 4.75. The number of benzene rings is 2. The van der Waals surface area contributed by atoms with Crippen LogP contribution in [0.3, 0.4) is 0 Å². The Morgan fingerprint density at radius 1 is 1.25 bits per heavy atom. The van der Waals surface area contributed by atoms with Crippen LogP contribution in [0.25, 0.3) is 0 Å². The first kappa shape index (κ1) is 18.8. The van der Waals surface area contributed by atoms with E-state index in [9.17, 15) is 8.78 Å². The monoisotopic (exact) mass is 449 g/mol. The van der Waals surface area contributed by atoms with Gasteiger partial charge in [-0.3, -0.25) is 0 Å². The molecule has 146 valence electrons. The van der Waals surface area contributed by atoms with Crippen molar-refractivity contribution in [1.29, 1.82) is 0 Å². The highest BCUT2D eigenvalue weighted by molar-refractivity contribution is 9.10. The van der Waals surface area contributed by atoms with Crippen LogP contribution in [-0.2, 0) is 6.42 Å². The zero-order chi connectivity index (χ0) is 19.7. The summed E-state index contributed by atoms with van der Waals surface area (Å²) >= 11 is 3.42. The summed E-state index contributed by atoms with van der Waals surface area (Å²) in [5.74, 6) is 0.607. The molecule has 9 heteroatoms. The Morgan fingerprint density at radius 2 is 2.04 bits per heavy atom. The number of tetrazole rings is 1. The van der Waals surface area contributed by atoms with E-state index in [4.69, 9.17) is 4.74 Å². The normalized spacial score (nSPS) is 18.6. The molecule has 0 saturated carbocycles. The number of rotatable bonds is 5. The third-order valence-electron chi connectivity index (χ3n) is 4.89. The molecule has 0 radical (unpaired) electrons. The van der Waals surface area contributed by atoms with Gasteiger partial charge in [-0.05, 0) is 52.6 Å². The van der Waals surface area contributed by atoms with Crippen molar-refractivity contribution in [3.63, 3.8) is 0 Å². The maximum Gasteiger partial charge on any atom is 0.387 e. The van der Waals surface area contributed by atoms with Gasteiger partial charge in [-0.2, -0.15) is 8.78 Å². The molecule has 1 aliphatic rings. The van der Waals surface area contributed by atoms with Crippen molar-refractivity contribution in [2.24, 2.45) is 0 Å². The van der Waals surface area contributed by atoms with Crippen molar-refractivity contribution in [1.82, 2.24) is 20.2 Å². The first-order valence-corrected chi connectivity index (χ1v) is 9.72. The molecule has 0 saturated heterocycles. The van der Waals surface area contributed by atoms with E-state index in [-0.39, 0.29) is 17.8 Å². The van der Waals surface area contributed by atoms with E-state index in [2.05, 4.69) is 68.0 Å². The smallest absolute Gasteiger partial charge is 0.387 e. The van der Waals surface area contributed by atoms with Gasteiger partial charge in [0, 0.05) is 10.0 Å². The maximum atomic E-state index is 12.9. The summed E-state index contributed by atoms with van der Waals surface area (Å²) in [6.45, 7) is -0.803. The van der Waals surface area contributed by atoms with Gasteiger partial charge in [-0.25, -0.2) is 4.68 Å². The predicted molar refractivity (Wildman–Crippen MR) is 104 cm³/mol. The van der Waals surface area contributed by atoms with Gasteiger partial charge in [-0.1, -0.05) is 52.2 Å². The van der Waals surface area contributed by atoms with E-state index < -0.39 is 6.61 Å². The largest absolute Gasteiger partial charge is 0.434 e. The molecule has 0 amide bonds. The number of ether oxygens (including phenoxy) is 1. The molecule has 2 aromatic carbocycles. The van der Waals surface area contributed by atoms with Crippen molar-refractivity contribution in [2.75, 3.05) is 5.32 Å². The minimum absolute atomic E-state index is 0.0622. The topological polar surface area (TPSA) is 64.9 Å². The molecule has 0 spiro atoms. The summed E-state index contributed by atoms with van der Waals surface area (Å²) in [7, 11) is 0. The number of aryl methyl sites for hydroxylation is 1. The lowest BCUT2D eigenvalue weighted by molar-refractivity contribution is -0.0508. The fraction of sp³-hybridized carbons (Fsp3) is 0.316. The van der Waals surface area contributed by atoms with Crippen LogP contribution in [-0.4, -0.2) is 26.8 Å². The molecule has 1 N–H and O–H groups in total. The average Bonchev–Trinajstić information content (AvgIpc) is 3.17. The van der Waals surface area contributed by atoms with E-state index in [1.807, 2.05) is 0 Å². The van der Waals surface area contributed by atoms with Crippen LogP contribution < -0.4 is 10.1 Å². The zero-order valence-corrected chi connectivity index (χ0v) is 16.6. The first-order chi connectivity index (χ1) is 13.5. The van der Waals surface area contributed by atoms with E-state index in [1.54, 1.807) is 16.8 Å². The standard InChI is InChI=1S/C19H18BrF2N5O/c1-2-11-3-5-12(6-4-11)15-10-16(27-19(23-15)24-25-26-27)14-9-13(20)7-8-17(14)28-18(21)22/h3-9,15-16,18H,2,10H2,1H3,(H,23,24,26). The summed E-state index contributed by atoms with van der Waals surface area (Å²) in [4.78, 5) is 0. The molecule has 0 fully saturated rings. The second kappa shape index (κ2) is 7.83. The molecule has 4 rings (SSSR count). The Hall–Kier alpha value is -2.55. The highest BCUT2D eigenvalue weighted by atomic mass is 79.9. The summed E-state index contributed by atoms with van der Waals surface area (Å²) < 4.78 is 33.0. The third-order valence-corrected chi connectivity index (χ3v) is 5.38. The molecule has 3 aromatic rings. The van der Waals surface area contributed by atoms with Crippen LogP contribution in [0.2, 0.25) is 0 Å². The van der Waals surface area contributed by atoms with Gasteiger partial charge in [0.15, 0.2) is 0 Å². The lowest BCUT2D eigenvalue weighted by Crippen LogP contribution is -2.28. The fourth-order valence-corrected chi connectivity index (χ4v) is 3.86.